The fraction of sp³-hybridized carbons (Fsp3) is 0. The number of rotatable bonds is 0. The summed E-state index contributed by atoms with van der Waals surface area (Å²) < 4.78 is 0. The van der Waals surface area contributed by atoms with E-state index in [0.29, 0.717) is 0 Å². The third kappa shape index (κ3) is 1440. The van der Waals surface area contributed by atoms with Gasteiger partial charge in [0.2, 0.25) is 0 Å². The van der Waals surface area contributed by atoms with Gasteiger partial charge < -0.3 is 84.7 Å². The second-order valence-corrected chi connectivity index (χ2v) is 4.50. The maximum Gasteiger partial charge on any atom is 3.00 e. The molecule has 0 unspecified atom stereocenters. The van der Waals surface area contributed by atoms with E-state index < -0.39 is 27.1 Å². The summed E-state index contributed by atoms with van der Waals surface area (Å²) in [7, 11) is -16.8. The predicted octanol–water partition coefficient (Wildman–Crippen LogP) is -15.4. The first-order chi connectivity index (χ1) is 6.00. The van der Waals surface area contributed by atoms with Crippen molar-refractivity contribution in [2.75, 3.05) is 0 Å². The third-order valence-electron chi connectivity index (χ3n) is 0. The fourth-order valence-corrected chi connectivity index (χ4v) is 0. The van der Waals surface area contributed by atoms with E-state index in [4.69, 9.17) is 57.5 Å². The molecule has 4 radical (unpaired) electrons. The zero-order chi connectivity index (χ0) is 13.5. The summed E-state index contributed by atoms with van der Waals surface area (Å²) in [6.07, 6.45) is 0. The van der Waals surface area contributed by atoms with Gasteiger partial charge in [-0.25, -0.2) is 0 Å². The Labute approximate surface area is 150 Å². The first-order valence-electron chi connectivity index (χ1n) is 2.45. The molecule has 0 spiro atoms. The summed E-state index contributed by atoms with van der Waals surface area (Å²) >= 11 is 0. The molecule has 124 valence electrons. The largest absolute Gasteiger partial charge is 3.00 e. The molecule has 0 aliphatic rings. The van der Waals surface area contributed by atoms with Crippen LogP contribution in [-0.2, 0) is 66.0 Å². The third-order valence-corrected chi connectivity index (χ3v) is 0. The van der Waals surface area contributed by atoms with Gasteiger partial charge in [0, 0.05) is 0 Å². The van der Waals surface area contributed by atoms with E-state index in [0.717, 1.165) is 0 Å². The van der Waals surface area contributed by atoms with Gasteiger partial charge in [-0.3, -0.25) is 0 Å². The fourth-order valence-electron chi connectivity index (χ4n) is 0. The normalized spacial score (nSPS) is 9.47. The van der Waals surface area contributed by atoms with E-state index >= 15 is 0 Å². The Bertz CT molecular complexity index is 100.0. The molecule has 0 saturated heterocycles. The van der Waals surface area contributed by atoms with Crippen LogP contribution < -0.4 is 57.5 Å². The van der Waals surface area contributed by atoms with Gasteiger partial charge in [-0.15, -0.1) is 0 Å². The Morgan fingerprint density at radius 1 is 0.263 bits per heavy atom. The average molecular weight is 511 g/mol. The van der Waals surface area contributed by atoms with Crippen LogP contribution in [0.2, 0.25) is 0 Å². The van der Waals surface area contributed by atoms with Gasteiger partial charge in [0.15, 0.2) is 0 Å². The first kappa shape index (κ1) is 42.9. The molecule has 0 atom stereocenters. The zero-order valence-corrected chi connectivity index (χ0v) is 14.6. The van der Waals surface area contributed by atoms with Crippen molar-refractivity contribution in [2.45, 2.75) is 0 Å². The minimum absolute atomic E-state index is 0. The molecule has 0 aliphatic carbocycles. The standard InChI is InChI=1S/4Ni.3O4Si/c;;;;3*1-5(2,3)4/q4*+3;3*-4. The summed E-state index contributed by atoms with van der Waals surface area (Å²) in [4.78, 5) is 103. The molecule has 12 nitrogen and oxygen atoms in total. The van der Waals surface area contributed by atoms with Crippen LogP contribution in [0, 0.1) is 0 Å². The Hall–Kier alpha value is 2.14. The molecule has 0 N–H and O–H groups in total. The molecule has 0 rings (SSSR count). The molecule has 0 heterocycles. The molecule has 0 saturated carbocycles. The molecular formula is Ni4O12Si3. The van der Waals surface area contributed by atoms with Crippen molar-refractivity contribution in [3.05, 3.63) is 0 Å². The van der Waals surface area contributed by atoms with Crippen LogP contribution >= 0.6 is 0 Å². The van der Waals surface area contributed by atoms with Crippen LogP contribution in [0.4, 0.5) is 0 Å². The zero-order valence-electron chi connectivity index (χ0n) is 7.66. The minimum atomic E-state index is -5.61. The Morgan fingerprint density at radius 2 is 0.263 bits per heavy atom. The van der Waals surface area contributed by atoms with Crippen molar-refractivity contribution >= 4 is 27.1 Å². The number of hydrogen-bond donors (Lipinski definition) is 0. The summed E-state index contributed by atoms with van der Waals surface area (Å²) in [6.45, 7) is 0. The molecule has 0 aromatic heterocycles. The monoisotopic (exact) mass is 508 g/mol. The summed E-state index contributed by atoms with van der Waals surface area (Å²) in [5.74, 6) is 0. The molecule has 0 aromatic rings. The van der Waals surface area contributed by atoms with Crippen LogP contribution in [0.1, 0.15) is 0 Å². The van der Waals surface area contributed by atoms with E-state index in [9.17, 15) is 0 Å². The molecule has 0 fully saturated rings. The average Bonchev–Trinajstić information content (AvgIpc) is 1.41. The van der Waals surface area contributed by atoms with Gasteiger partial charge in [-0.05, 0) is 0 Å². The van der Waals surface area contributed by atoms with Crippen molar-refractivity contribution in [3.8, 4) is 0 Å². The van der Waals surface area contributed by atoms with E-state index in [2.05, 4.69) is 0 Å². The Kier molecular flexibility index (Phi) is 41.1. The minimum Gasteiger partial charge on any atom is -0.894 e. The van der Waals surface area contributed by atoms with Crippen LogP contribution in [0.25, 0.3) is 0 Å². The molecule has 19 heteroatoms. The second-order valence-electron chi connectivity index (χ2n) is 1.50. The number of hydrogen-bond acceptors (Lipinski definition) is 12. The van der Waals surface area contributed by atoms with Crippen LogP contribution in [0.15, 0.2) is 0 Å². The van der Waals surface area contributed by atoms with E-state index in [1.165, 1.54) is 0 Å². The van der Waals surface area contributed by atoms with Crippen molar-refractivity contribution in [3.63, 3.8) is 0 Å². The molecule has 0 aromatic carbocycles. The van der Waals surface area contributed by atoms with E-state index in [1.54, 1.807) is 0 Å². The predicted molar refractivity (Wildman–Crippen MR) is 17.3 cm³/mol. The van der Waals surface area contributed by atoms with Crippen molar-refractivity contribution in [2.24, 2.45) is 0 Å². The first-order valence-corrected chi connectivity index (χ1v) is 7.35. The SMILES string of the molecule is [Ni+3].[Ni+3].[Ni+3].[Ni+3].[O-][Si]([O-])([O-])[O-].[O-][Si]([O-])([O-])[O-].[O-][Si]([O-])([O-])[O-]. The van der Waals surface area contributed by atoms with Crippen LogP contribution in [-0.4, -0.2) is 27.1 Å². The quantitative estimate of drug-likeness (QED) is 0.274. The smallest absolute Gasteiger partial charge is 0.894 e. The summed E-state index contributed by atoms with van der Waals surface area (Å²) in [5, 5.41) is 0. The van der Waals surface area contributed by atoms with Gasteiger partial charge in [0.05, 0.1) is 0 Å². The molecule has 0 aliphatic heterocycles. The van der Waals surface area contributed by atoms with Crippen molar-refractivity contribution in [1.82, 2.24) is 0 Å². The second kappa shape index (κ2) is 18.2. The van der Waals surface area contributed by atoms with E-state index in [-0.39, 0.29) is 66.0 Å². The van der Waals surface area contributed by atoms with Gasteiger partial charge in [0.1, 0.15) is 0 Å². The topological polar surface area (TPSA) is 277 Å². The van der Waals surface area contributed by atoms with Gasteiger partial charge in [-0.2, -0.15) is 0 Å². The molecular weight excluding hydrogens is 511 g/mol. The molecule has 0 bridgehead atoms. The van der Waals surface area contributed by atoms with Gasteiger partial charge in [-0.1, -0.05) is 0 Å². The van der Waals surface area contributed by atoms with Gasteiger partial charge >= 0.3 is 66.0 Å². The molecule has 0 amide bonds. The van der Waals surface area contributed by atoms with Crippen LogP contribution in [0.5, 0.6) is 0 Å². The van der Waals surface area contributed by atoms with Crippen molar-refractivity contribution in [1.29, 1.82) is 0 Å². The van der Waals surface area contributed by atoms with Crippen molar-refractivity contribution < 1.29 is 124 Å². The summed E-state index contributed by atoms with van der Waals surface area (Å²) in [5.41, 5.74) is 0. The Morgan fingerprint density at radius 3 is 0.263 bits per heavy atom. The summed E-state index contributed by atoms with van der Waals surface area (Å²) in [6, 6.07) is 0. The van der Waals surface area contributed by atoms with Crippen LogP contribution in [0.3, 0.4) is 0 Å². The Balaban J connectivity index is -0.0000000206. The maximum atomic E-state index is 8.58. The molecule has 19 heavy (non-hydrogen) atoms. The maximum absolute atomic E-state index is 8.58. The van der Waals surface area contributed by atoms with E-state index in [1.807, 2.05) is 0 Å². The van der Waals surface area contributed by atoms with Gasteiger partial charge in [0.25, 0.3) is 0 Å².